The second kappa shape index (κ2) is 6.39. The summed E-state index contributed by atoms with van der Waals surface area (Å²) in [6.45, 7) is 8.42. The Hall–Kier alpha value is -1.69. The molecule has 1 aliphatic heterocycles. The fourth-order valence-electron chi connectivity index (χ4n) is 2.48. The van der Waals surface area contributed by atoms with E-state index in [-0.39, 0.29) is 17.9 Å². The van der Waals surface area contributed by atoms with Crippen molar-refractivity contribution in [1.82, 2.24) is 20.2 Å². The van der Waals surface area contributed by atoms with Gasteiger partial charge in [-0.05, 0) is 6.92 Å². The lowest BCUT2D eigenvalue weighted by Gasteiger charge is -2.37. The van der Waals surface area contributed by atoms with Crippen molar-refractivity contribution in [2.75, 3.05) is 38.6 Å². The molecule has 1 amide bonds. The van der Waals surface area contributed by atoms with E-state index in [1.165, 1.54) is 0 Å². The number of anilines is 1. The largest absolute Gasteiger partial charge is 0.347 e. The van der Waals surface area contributed by atoms with Gasteiger partial charge < -0.3 is 15.1 Å². The van der Waals surface area contributed by atoms with E-state index < -0.39 is 0 Å². The molecule has 21 heavy (non-hydrogen) atoms. The van der Waals surface area contributed by atoms with Crippen molar-refractivity contribution in [1.29, 1.82) is 0 Å². The van der Waals surface area contributed by atoms with E-state index in [1.807, 2.05) is 13.0 Å². The number of carbonyl (C=O) groups excluding carboxylic acids is 1. The van der Waals surface area contributed by atoms with Gasteiger partial charge in [0.1, 0.15) is 17.7 Å². The SMILES string of the molecule is Cc1cc(N2CCNCC2C(=O)N(C)C)nc(C(C)C)n1. The van der Waals surface area contributed by atoms with Crippen molar-refractivity contribution < 1.29 is 4.79 Å². The Balaban J connectivity index is 2.35. The topological polar surface area (TPSA) is 61.4 Å². The minimum absolute atomic E-state index is 0.101. The van der Waals surface area contributed by atoms with Crippen LogP contribution in [0.5, 0.6) is 0 Å². The summed E-state index contributed by atoms with van der Waals surface area (Å²) < 4.78 is 0. The monoisotopic (exact) mass is 291 g/mol. The average molecular weight is 291 g/mol. The molecule has 2 heterocycles. The normalized spacial score (nSPS) is 19.0. The molecular formula is C15H25N5O. The van der Waals surface area contributed by atoms with Crippen LogP contribution in [0.4, 0.5) is 5.82 Å². The molecular weight excluding hydrogens is 266 g/mol. The Morgan fingerprint density at radius 3 is 2.76 bits per heavy atom. The van der Waals surface area contributed by atoms with E-state index in [1.54, 1.807) is 19.0 Å². The number of nitrogens with zero attached hydrogens (tertiary/aromatic N) is 4. The van der Waals surface area contributed by atoms with Gasteiger partial charge in [0.25, 0.3) is 0 Å². The Kier molecular flexibility index (Phi) is 4.77. The zero-order chi connectivity index (χ0) is 15.6. The summed E-state index contributed by atoms with van der Waals surface area (Å²) in [6, 6.07) is 1.76. The summed E-state index contributed by atoms with van der Waals surface area (Å²) in [4.78, 5) is 25.3. The minimum Gasteiger partial charge on any atom is -0.347 e. The van der Waals surface area contributed by atoms with Gasteiger partial charge in [-0.25, -0.2) is 9.97 Å². The third-order valence-electron chi connectivity index (χ3n) is 3.64. The standard InChI is InChI=1S/C15H25N5O/c1-10(2)14-17-11(3)8-13(18-14)20-7-6-16-9-12(20)15(21)19(4)5/h8,10,12,16H,6-7,9H2,1-5H3. The summed E-state index contributed by atoms with van der Waals surface area (Å²) >= 11 is 0. The molecule has 0 aromatic carbocycles. The van der Waals surface area contributed by atoms with Crippen LogP contribution in [-0.2, 0) is 4.79 Å². The van der Waals surface area contributed by atoms with E-state index in [0.29, 0.717) is 6.54 Å². The molecule has 0 radical (unpaired) electrons. The number of nitrogens with one attached hydrogen (secondary N) is 1. The van der Waals surface area contributed by atoms with Crippen molar-refractivity contribution in [2.24, 2.45) is 0 Å². The Labute approximate surface area is 126 Å². The van der Waals surface area contributed by atoms with Gasteiger partial charge in [0.05, 0.1) is 0 Å². The molecule has 0 spiro atoms. The van der Waals surface area contributed by atoms with Crippen LogP contribution in [0.2, 0.25) is 0 Å². The Morgan fingerprint density at radius 2 is 2.14 bits per heavy atom. The summed E-state index contributed by atoms with van der Waals surface area (Å²) in [7, 11) is 3.58. The number of hydrogen-bond acceptors (Lipinski definition) is 5. The first-order chi connectivity index (χ1) is 9.90. The number of rotatable bonds is 3. The summed E-state index contributed by atoms with van der Waals surface area (Å²) in [5.74, 6) is 2.06. The first-order valence-electron chi connectivity index (χ1n) is 7.44. The molecule has 1 aromatic rings. The third kappa shape index (κ3) is 3.50. The van der Waals surface area contributed by atoms with Crippen LogP contribution >= 0.6 is 0 Å². The second-order valence-corrected chi connectivity index (χ2v) is 6.03. The summed E-state index contributed by atoms with van der Waals surface area (Å²) in [5.41, 5.74) is 0.943. The zero-order valence-electron chi connectivity index (χ0n) is 13.6. The fourth-order valence-corrected chi connectivity index (χ4v) is 2.48. The molecule has 0 aliphatic carbocycles. The highest BCUT2D eigenvalue weighted by molar-refractivity contribution is 5.85. The lowest BCUT2D eigenvalue weighted by Crippen LogP contribution is -2.58. The maximum absolute atomic E-state index is 12.4. The highest BCUT2D eigenvalue weighted by atomic mass is 16.2. The number of likely N-dealkylation sites (N-methyl/N-ethyl adjacent to an activating group) is 1. The number of piperazine rings is 1. The smallest absolute Gasteiger partial charge is 0.246 e. The molecule has 1 saturated heterocycles. The molecule has 0 saturated carbocycles. The molecule has 0 bridgehead atoms. The molecule has 6 nitrogen and oxygen atoms in total. The van der Waals surface area contributed by atoms with Gasteiger partial charge in [-0.2, -0.15) is 0 Å². The number of amides is 1. The van der Waals surface area contributed by atoms with Gasteiger partial charge in [-0.3, -0.25) is 4.79 Å². The molecule has 1 aliphatic rings. The lowest BCUT2D eigenvalue weighted by molar-refractivity contribution is -0.130. The first kappa shape index (κ1) is 15.7. The van der Waals surface area contributed by atoms with Crippen LogP contribution in [0.15, 0.2) is 6.07 Å². The van der Waals surface area contributed by atoms with E-state index in [4.69, 9.17) is 0 Å². The Bertz CT molecular complexity index is 515. The summed E-state index contributed by atoms with van der Waals surface area (Å²) in [5, 5.41) is 3.29. The van der Waals surface area contributed by atoms with Gasteiger partial charge in [0.15, 0.2) is 0 Å². The fraction of sp³-hybridized carbons (Fsp3) is 0.667. The highest BCUT2D eigenvalue weighted by Gasteiger charge is 2.31. The van der Waals surface area contributed by atoms with E-state index in [9.17, 15) is 4.79 Å². The molecule has 2 rings (SSSR count). The minimum atomic E-state index is -0.205. The molecule has 1 fully saturated rings. The maximum Gasteiger partial charge on any atom is 0.246 e. The third-order valence-corrected chi connectivity index (χ3v) is 3.64. The molecule has 116 valence electrons. The van der Waals surface area contributed by atoms with Crippen molar-refractivity contribution in [3.8, 4) is 0 Å². The van der Waals surface area contributed by atoms with Crippen molar-refractivity contribution in [3.05, 3.63) is 17.6 Å². The van der Waals surface area contributed by atoms with Gasteiger partial charge in [-0.1, -0.05) is 13.8 Å². The van der Waals surface area contributed by atoms with Crippen LogP contribution in [0.1, 0.15) is 31.3 Å². The molecule has 6 heteroatoms. The van der Waals surface area contributed by atoms with Gasteiger partial charge in [0, 0.05) is 51.4 Å². The average Bonchev–Trinajstić information content (AvgIpc) is 2.45. The first-order valence-corrected chi connectivity index (χ1v) is 7.44. The number of aromatic nitrogens is 2. The second-order valence-electron chi connectivity index (χ2n) is 6.03. The maximum atomic E-state index is 12.4. The van der Waals surface area contributed by atoms with Gasteiger partial charge in [0.2, 0.25) is 5.91 Å². The van der Waals surface area contributed by atoms with Crippen molar-refractivity contribution in [3.63, 3.8) is 0 Å². The van der Waals surface area contributed by atoms with Gasteiger partial charge >= 0.3 is 0 Å². The van der Waals surface area contributed by atoms with Crippen LogP contribution < -0.4 is 10.2 Å². The van der Waals surface area contributed by atoms with Crippen LogP contribution in [0.25, 0.3) is 0 Å². The number of aryl methyl sites for hydroxylation is 1. The van der Waals surface area contributed by atoms with Crippen LogP contribution in [0, 0.1) is 6.92 Å². The molecule has 1 N–H and O–H groups in total. The number of carbonyl (C=O) groups is 1. The van der Waals surface area contributed by atoms with Crippen LogP contribution in [-0.4, -0.2) is 60.5 Å². The predicted octanol–water partition coefficient (Wildman–Crippen LogP) is 0.775. The lowest BCUT2D eigenvalue weighted by atomic mass is 10.1. The summed E-state index contributed by atoms with van der Waals surface area (Å²) in [6.07, 6.45) is 0. The highest BCUT2D eigenvalue weighted by Crippen LogP contribution is 2.20. The molecule has 1 unspecified atom stereocenters. The Morgan fingerprint density at radius 1 is 1.43 bits per heavy atom. The van der Waals surface area contributed by atoms with E-state index in [2.05, 4.69) is 34.0 Å². The van der Waals surface area contributed by atoms with Crippen LogP contribution in [0.3, 0.4) is 0 Å². The van der Waals surface area contributed by atoms with Crippen molar-refractivity contribution >= 4 is 11.7 Å². The molecule has 1 atom stereocenters. The quantitative estimate of drug-likeness (QED) is 0.891. The van der Waals surface area contributed by atoms with E-state index in [0.717, 1.165) is 30.4 Å². The zero-order valence-corrected chi connectivity index (χ0v) is 13.6. The van der Waals surface area contributed by atoms with E-state index >= 15 is 0 Å². The van der Waals surface area contributed by atoms with Crippen molar-refractivity contribution in [2.45, 2.75) is 32.7 Å². The molecule has 1 aromatic heterocycles. The number of hydrogen-bond donors (Lipinski definition) is 1. The van der Waals surface area contributed by atoms with Gasteiger partial charge in [-0.15, -0.1) is 0 Å². The predicted molar refractivity (Wildman–Crippen MR) is 83.6 cm³/mol.